The predicted molar refractivity (Wildman–Crippen MR) is 63.2 cm³/mol. The zero-order chi connectivity index (χ0) is 11.9. The highest BCUT2D eigenvalue weighted by atomic mass is 16.5. The van der Waals surface area contributed by atoms with Gasteiger partial charge in [0, 0.05) is 6.42 Å². The maximum absolute atomic E-state index is 12.0. The summed E-state index contributed by atoms with van der Waals surface area (Å²) in [5, 5.41) is 0. The molecule has 0 spiro atoms. The highest BCUT2D eigenvalue weighted by Crippen LogP contribution is 2.50. The molecule has 3 heteroatoms. The molecule has 0 unspecified atom stereocenters. The maximum atomic E-state index is 12.0. The van der Waals surface area contributed by atoms with E-state index < -0.39 is 0 Å². The van der Waals surface area contributed by atoms with Crippen LogP contribution in [0, 0.1) is 0 Å². The summed E-state index contributed by atoms with van der Waals surface area (Å²) in [5.41, 5.74) is 1.92. The lowest BCUT2D eigenvalue weighted by Gasteiger charge is -2.15. The van der Waals surface area contributed by atoms with Crippen molar-refractivity contribution >= 4 is 5.97 Å². The number of rotatable bonds is 3. The van der Waals surface area contributed by atoms with Crippen LogP contribution in [0.5, 0.6) is 5.75 Å². The Morgan fingerprint density at radius 1 is 1.47 bits per heavy atom. The van der Waals surface area contributed by atoms with Gasteiger partial charge in [-0.05, 0) is 37.0 Å². The summed E-state index contributed by atoms with van der Waals surface area (Å²) in [6.45, 7) is 3.05. The molecule has 1 aliphatic carbocycles. The molecule has 17 heavy (non-hydrogen) atoms. The minimum atomic E-state index is -0.378. The Hall–Kier alpha value is -1.51. The largest absolute Gasteiger partial charge is 0.493 e. The highest BCUT2D eigenvalue weighted by molar-refractivity contribution is 5.86. The highest BCUT2D eigenvalue weighted by Gasteiger charge is 2.53. The summed E-state index contributed by atoms with van der Waals surface area (Å²) >= 11 is 0. The summed E-state index contributed by atoms with van der Waals surface area (Å²) in [5.74, 6) is 0.857. The average Bonchev–Trinajstić information content (AvgIpc) is 3.02. The Labute approximate surface area is 101 Å². The van der Waals surface area contributed by atoms with Crippen molar-refractivity contribution in [2.45, 2.75) is 31.6 Å². The van der Waals surface area contributed by atoms with E-state index in [4.69, 9.17) is 9.47 Å². The van der Waals surface area contributed by atoms with Crippen LogP contribution in [-0.4, -0.2) is 19.2 Å². The summed E-state index contributed by atoms with van der Waals surface area (Å²) < 4.78 is 10.7. The van der Waals surface area contributed by atoms with E-state index in [9.17, 15) is 4.79 Å². The van der Waals surface area contributed by atoms with Gasteiger partial charge in [-0.15, -0.1) is 0 Å². The fourth-order valence-corrected chi connectivity index (χ4v) is 2.47. The second kappa shape index (κ2) is 3.76. The van der Waals surface area contributed by atoms with Crippen LogP contribution in [0.4, 0.5) is 0 Å². The lowest BCUT2D eigenvalue weighted by Crippen LogP contribution is -2.23. The van der Waals surface area contributed by atoms with Crippen molar-refractivity contribution < 1.29 is 14.3 Å². The first-order valence-corrected chi connectivity index (χ1v) is 6.20. The Balaban J connectivity index is 1.91. The van der Waals surface area contributed by atoms with Crippen molar-refractivity contribution in [3.05, 3.63) is 29.3 Å². The van der Waals surface area contributed by atoms with Crippen molar-refractivity contribution in [3.8, 4) is 5.75 Å². The van der Waals surface area contributed by atoms with E-state index in [1.54, 1.807) is 0 Å². The number of carbonyl (C=O) groups excluding carboxylic acids is 1. The first-order chi connectivity index (χ1) is 8.26. The molecule has 0 bridgehead atoms. The Kier molecular flexibility index (Phi) is 2.35. The molecule has 3 rings (SSSR count). The quantitative estimate of drug-likeness (QED) is 0.749. The van der Waals surface area contributed by atoms with Crippen molar-refractivity contribution in [1.29, 1.82) is 0 Å². The van der Waals surface area contributed by atoms with E-state index in [1.165, 1.54) is 5.56 Å². The third kappa shape index (κ3) is 1.61. The van der Waals surface area contributed by atoms with Crippen molar-refractivity contribution in [1.82, 2.24) is 0 Å². The fraction of sp³-hybridized carbons (Fsp3) is 0.500. The number of hydrogen-bond donors (Lipinski definition) is 0. The van der Waals surface area contributed by atoms with Gasteiger partial charge >= 0.3 is 5.97 Å². The summed E-state index contributed by atoms with van der Waals surface area (Å²) in [6.07, 6.45) is 2.76. The van der Waals surface area contributed by atoms with Crippen LogP contribution in [0.3, 0.4) is 0 Å². The van der Waals surface area contributed by atoms with Crippen LogP contribution in [-0.2, 0) is 21.4 Å². The molecule has 1 saturated carbocycles. The molecule has 0 aromatic heterocycles. The molecule has 0 N–H and O–H groups in total. The molecule has 1 fully saturated rings. The monoisotopic (exact) mass is 232 g/mol. The smallest absolute Gasteiger partial charge is 0.316 e. The molecule has 0 saturated heterocycles. The van der Waals surface area contributed by atoms with E-state index >= 15 is 0 Å². The normalized spacial score (nSPS) is 19.4. The summed E-state index contributed by atoms with van der Waals surface area (Å²) in [7, 11) is 0. The number of carbonyl (C=O) groups is 1. The lowest BCUT2D eigenvalue weighted by molar-refractivity contribution is -0.146. The molecule has 90 valence electrons. The van der Waals surface area contributed by atoms with Gasteiger partial charge in [0.2, 0.25) is 0 Å². The van der Waals surface area contributed by atoms with Crippen molar-refractivity contribution in [2.24, 2.45) is 0 Å². The van der Waals surface area contributed by atoms with Gasteiger partial charge < -0.3 is 9.47 Å². The number of esters is 1. The fourth-order valence-electron chi connectivity index (χ4n) is 2.47. The van der Waals surface area contributed by atoms with Gasteiger partial charge in [0.1, 0.15) is 5.75 Å². The second-order valence-corrected chi connectivity index (χ2v) is 4.72. The van der Waals surface area contributed by atoms with Crippen LogP contribution in [0.25, 0.3) is 0 Å². The molecule has 1 aromatic carbocycles. The predicted octanol–water partition coefficient (Wildman–Crippen LogP) is 2.22. The molecule has 0 atom stereocenters. The number of benzene rings is 1. The van der Waals surface area contributed by atoms with Crippen LogP contribution in [0.1, 0.15) is 30.9 Å². The van der Waals surface area contributed by atoms with Gasteiger partial charge in [-0.1, -0.05) is 12.1 Å². The molecular formula is C14H16O3. The second-order valence-electron chi connectivity index (χ2n) is 4.72. The van der Waals surface area contributed by atoms with Crippen molar-refractivity contribution in [3.63, 3.8) is 0 Å². The van der Waals surface area contributed by atoms with Crippen LogP contribution >= 0.6 is 0 Å². The average molecular weight is 232 g/mol. The van der Waals surface area contributed by atoms with E-state index in [2.05, 4.69) is 12.1 Å². The summed E-state index contributed by atoms with van der Waals surface area (Å²) in [4.78, 5) is 12.0. The van der Waals surface area contributed by atoms with Gasteiger partial charge in [-0.25, -0.2) is 0 Å². The third-order valence-electron chi connectivity index (χ3n) is 3.66. The van der Waals surface area contributed by atoms with E-state index in [0.717, 1.165) is 37.2 Å². The number of hydrogen-bond acceptors (Lipinski definition) is 3. The minimum Gasteiger partial charge on any atom is -0.493 e. The van der Waals surface area contributed by atoms with E-state index in [-0.39, 0.29) is 11.4 Å². The molecule has 0 amide bonds. The Bertz CT molecular complexity index is 461. The van der Waals surface area contributed by atoms with E-state index in [0.29, 0.717) is 6.61 Å². The molecule has 1 aromatic rings. The first kappa shape index (κ1) is 10.6. The molecule has 2 aliphatic rings. The zero-order valence-corrected chi connectivity index (χ0v) is 9.99. The van der Waals surface area contributed by atoms with Gasteiger partial charge in [0.15, 0.2) is 0 Å². The zero-order valence-electron chi connectivity index (χ0n) is 9.99. The minimum absolute atomic E-state index is 0.0852. The SMILES string of the molecule is CCOC(=O)C1(c2ccc3c(c2)OCC3)CC1. The van der Waals surface area contributed by atoms with Crippen LogP contribution in [0.2, 0.25) is 0 Å². The first-order valence-electron chi connectivity index (χ1n) is 6.20. The topological polar surface area (TPSA) is 35.5 Å². The summed E-state index contributed by atoms with van der Waals surface area (Å²) in [6, 6.07) is 6.15. The molecule has 3 nitrogen and oxygen atoms in total. The number of ether oxygens (including phenoxy) is 2. The molecular weight excluding hydrogens is 216 g/mol. The van der Waals surface area contributed by atoms with Gasteiger partial charge in [0.05, 0.1) is 18.6 Å². The van der Waals surface area contributed by atoms with Crippen LogP contribution < -0.4 is 4.74 Å². The van der Waals surface area contributed by atoms with E-state index in [1.807, 2.05) is 13.0 Å². The standard InChI is InChI=1S/C14H16O3/c1-2-16-13(15)14(6-7-14)11-4-3-10-5-8-17-12(10)9-11/h3-4,9H,2,5-8H2,1H3. The van der Waals surface area contributed by atoms with Crippen molar-refractivity contribution in [2.75, 3.05) is 13.2 Å². The maximum Gasteiger partial charge on any atom is 0.316 e. The molecule has 1 heterocycles. The van der Waals surface area contributed by atoms with Crippen LogP contribution in [0.15, 0.2) is 18.2 Å². The third-order valence-corrected chi connectivity index (χ3v) is 3.66. The Morgan fingerprint density at radius 2 is 2.29 bits per heavy atom. The van der Waals surface area contributed by atoms with Gasteiger partial charge in [-0.3, -0.25) is 4.79 Å². The molecule has 0 radical (unpaired) electrons. The van der Waals surface area contributed by atoms with Gasteiger partial charge in [-0.2, -0.15) is 0 Å². The van der Waals surface area contributed by atoms with Gasteiger partial charge in [0.25, 0.3) is 0 Å². The Morgan fingerprint density at radius 3 is 3.00 bits per heavy atom. The lowest BCUT2D eigenvalue weighted by atomic mass is 9.94. The number of fused-ring (bicyclic) bond motifs is 1. The molecule has 1 aliphatic heterocycles.